The Morgan fingerprint density at radius 3 is 0.732 bits per heavy atom. The minimum atomic E-state index is -0.806. The molecule has 474 valence electrons. The summed E-state index contributed by atoms with van der Waals surface area (Å²) in [6, 6.07) is 0. The molecule has 6 nitrogen and oxygen atoms in total. The number of allylic oxidation sites excluding steroid dienone is 14. The van der Waals surface area contributed by atoms with Crippen LogP contribution in [0.4, 0.5) is 0 Å². The first-order valence-electron chi connectivity index (χ1n) is 35.6. The molecule has 0 bridgehead atoms. The Labute approximate surface area is 509 Å². The topological polar surface area (TPSA) is 78.9 Å². The molecule has 0 spiro atoms. The summed E-state index contributed by atoms with van der Waals surface area (Å²) in [6.45, 7) is 6.54. The smallest absolute Gasteiger partial charge is 0.306 e. The lowest BCUT2D eigenvalue weighted by Crippen LogP contribution is -2.30. The van der Waals surface area contributed by atoms with E-state index in [1.54, 1.807) is 0 Å². The van der Waals surface area contributed by atoms with Crippen LogP contribution in [0.5, 0.6) is 0 Å². The highest BCUT2D eigenvalue weighted by Gasteiger charge is 2.19. The van der Waals surface area contributed by atoms with Crippen LogP contribution in [-0.4, -0.2) is 37.2 Å². The van der Waals surface area contributed by atoms with Gasteiger partial charge in [0.25, 0.3) is 0 Å². The van der Waals surface area contributed by atoms with Crippen molar-refractivity contribution in [2.75, 3.05) is 13.2 Å². The standard InChI is InChI=1S/C76H134O6/c1-4-7-10-13-16-19-22-25-28-30-32-34-36-37-38-40-41-43-45-48-51-54-57-60-63-66-69-75(78)81-72-73(71-80-74(77)68-65-62-59-56-53-50-47-27-24-21-18-15-12-9-6-3)82-76(79)70-67-64-61-58-55-52-49-46-44-42-39-35-33-31-29-26-23-20-17-14-11-8-5-2/h8,11,17,20,26,29,33,35,42,44,49,52,58,61,73H,4-7,9-10,12-16,18-19,21-25,27-28,30-32,34,36-41,43,45-48,50-51,53-57,59-60,62-72H2,1-3H3/b11-8-,20-17-,29-26-,35-33-,44-42-,52-49-,61-58-. The summed E-state index contributed by atoms with van der Waals surface area (Å²) < 4.78 is 16.9. The van der Waals surface area contributed by atoms with Gasteiger partial charge in [-0.25, -0.2) is 0 Å². The van der Waals surface area contributed by atoms with Crippen LogP contribution in [0.3, 0.4) is 0 Å². The third-order valence-electron chi connectivity index (χ3n) is 15.7. The van der Waals surface area contributed by atoms with Crippen molar-refractivity contribution in [1.29, 1.82) is 0 Å². The van der Waals surface area contributed by atoms with Crippen LogP contribution < -0.4 is 0 Å². The summed E-state index contributed by atoms with van der Waals surface area (Å²) >= 11 is 0. The number of unbranched alkanes of at least 4 members (excludes halogenated alkanes) is 40. The zero-order chi connectivity index (χ0) is 59.2. The maximum Gasteiger partial charge on any atom is 0.306 e. The third-order valence-corrected chi connectivity index (χ3v) is 15.7. The second kappa shape index (κ2) is 70.1. The fourth-order valence-electron chi connectivity index (χ4n) is 10.4. The van der Waals surface area contributed by atoms with Gasteiger partial charge in [0.15, 0.2) is 6.10 Å². The molecule has 1 unspecified atom stereocenters. The van der Waals surface area contributed by atoms with Gasteiger partial charge in [-0.05, 0) is 70.6 Å². The first-order chi connectivity index (χ1) is 40.5. The molecular weight excluding hydrogens is 1010 g/mol. The summed E-state index contributed by atoms with van der Waals surface area (Å²) in [6.07, 6.45) is 93.4. The summed E-state index contributed by atoms with van der Waals surface area (Å²) in [5.41, 5.74) is 0. The van der Waals surface area contributed by atoms with Crippen LogP contribution in [0.15, 0.2) is 85.1 Å². The Balaban J connectivity index is 4.37. The molecule has 0 aromatic rings. The minimum Gasteiger partial charge on any atom is -0.462 e. The number of ether oxygens (including phenoxy) is 3. The molecule has 0 rings (SSSR count). The number of carbonyl (C=O) groups is 3. The number of carbonyl (C=O) groups excluding carboxylic acids is 3. The monoisotopic (exact) mass is 1140 g/mol. The average molecular weight is 1140 g/mol. The van der Waals surface area contributed by atoms with Crippen molar-refractivity contribution >= 4 is 17.9 Å². The van der Waals surface area contributed by atoms with Gasteiger partial charge in [0, 0.05) is 19.3 Å². The van der Waals surface area contributed by atoms with E-state index in [-0.39, 0.29) is 37.5 Å². The first-order valence-corrected chi connectivity index (χ1v) is 35.6. The fourth-order valence-corrected chi connectivity index (χ4v) is 10.4. The molecule has 0 amide bonds. The highest BCUT2D eigenvalue weighted by Crippen LogP contribution is 2.18. The van der Waals surface area contributed by atoms with Crippen LogP contribution in [-0.2, 0) is 28.6 Å². The van der Waals surface area contributed by atoms with Gasteiger partial charge in [0.05, 0.1) is 0 Å². The summed E-state index contributed by atoms with van der Waals surface area (Å²) in [5, 5.41) is 0. The van der Waals surface area contributed by atoms with Crippen molar-refractivity contribution in [2.24, 2.45) is 0 Å². The molecular formula is C76H134O6. The second-order valence-electron chi connectivity index (χ2n) is 23.8. The van der Waals surface area contributed by atoms with Crippen molar-refractivity contribution in [3.8, 4) is 0 Å². The Hall–Kier alpha value is -3.41. The van der Waals surface area contributed by atoms with E-state index in [4.69, 9.17) is 14.2 Å². The summed E-state index contributed by atoms with van der Waals surface area (Å²) in [5.74, 6) is -0.934. The van der Waals surface area contributed by atoms with Gasteiger partial charge in [-0.1, -0.05) is 356 Å². The number of hydrogen-bond donors (Lipinski definition) is 0. The molecule has 0 heterocycles. The SMILES string of the molecule is CC/C=C\C/C=C\C/C=C\C/C=C\C/C=C\C/C=C\C/C=C\CCCC(=O)OC(COC(=O)CCCCCCCCCCCCCCCCC)COC(=O)CCCCCCCCCCCCCCCCCCCCCCCCCCCC. The second-order valence-corrected chi connectivity index (χ2v) is 23.8. The highest BCUT2D eigenvalue weighted by molar-refractivity contribution is 5.71. The normalized spacial score (nSPS) is 12.6. The molecule has 0 radical (unpaired) electrons. The van der Waals surface area contributed by atoms with Gasteiger partial charge in [-0.3, -0.25) is 14.4 Å². The van der Waals surface area contributed by atoms with Crippen molar-refractivity contribution < 1.29 is 28.6 Å². The Bertz CT molecular complexity index is 1550. The lowest BCUT2D eigenvalue weighted by Gasteiger charge is -2.18. The van der Waals surface area contributed by atoms with E-state index in [9.17, 15) is 14.4 Å². The molecule has 1 atom stereocenters. The van der Waals surface area contributed by atoms with Gasteiger partial charge in [-0.2, -0.15) is 0 Å². The third kappa shape index (κ3) is 67.4. The molecule has 0 aliphatic carbocycles. The highest BCUT2D eigenvalue weighted by atomic mass is 16.6. The van der Waals surface area contributed by atoms with Crippen molar-refractivity contribution in [1.82, 2.24) is 0 Å². The average Bonchev–Trinajstić information content (AvgIpc) is 3.47. The molecule has 0 aliphatic heterocycles. The Morgan fingerprint density at radius 1 is 0.256 bits per heavy atom. The molecule has 6 heteroatoms. The van der Waals surface area contributed by atoms with Gasteiger partial charge in [-0.15, -0.1) is 0 Å². The fraction of sp³-hybridized carbons (Fsp3) is 0.776. The van der Waals surface area contributed by atoms with E-state index in [0.29, 0.717) is 19.3 Å². The maximum atomic E-state index is 12.9. The summed E-state index contributed by atoms with van der Waals surface area (Å²) in [7, 11) is 0. The van der Waals surface area contributed by atoms with E-state index in [1.165, 1.54) is 225 Å². The predicted octanol–water partition coefficient (Wildman–Crippen LogP) is 24.6. The van der Waals surface area contributed by atoms with Gasteiger partial charge in [0.1, 0.15) is 13.2 Å². The lowest BCUT2D eigenvalue weighted by molar-refractivity contribution is -0.167. The Kier molecular flexibility index (Phi) is 67.2. The maximum absolute atomic E-state index is 12.9. The molecule has 82 heavy (non-hydrogen) atoms. The van der Waals surface area contributed by atoms with E-state index in [0.717, 1.165) is 89.9 Å². The van der Waals surface area contributed by atoms with Crippen molar-refractivity contribution in [2.45, 2.75) is 367 Å². The van der Waals surface area contributed by atoms with Gasteiger partial charge in [0.2, 0.25) is 0 Å². The predicted molar refractivity (Wildman–Crippen MR) is 358 cm³/mol. The molecule has 0 fully saturated rings. The van der Waals surface area contributed by atoms with Crippen LogP contribution in [0, 0.1) is 0 Å². The van der Waals surface area contributed by atoms with Gasteiger partial charge < -0.3 is 14.2 Å². The minimum absolute atomic E-state index is 0.0951. The quantitative estimate of drug-likeness (QED) is 0.0261. The number of esters is 3. The molecule has 0 saturated heterocycles. The van der Waals surface area contributed by atoms with Crippen molar-refractivity contribution in [3.05, 3.63) is 85.1 Å². The largest absolute Gasteiger partial charge is 0.462 e. The molecule has 0 saturated carbocycles. The van der Waals surface area contributed by atoms with Gasteiger partial charge >= 0.3 is 17.9 Å². The molecule has 0 N–H and O–H groups in total. The van der Waals surface area contributed by atoms with Crippen molar-refractivity contribution in [3.63, 3.8) is 0 Å². The van der Waals surface area contributed by atoms with E-state index in [2.05, 4.69) is 106 Å². The molecule has 0 aliphatic rings. The van der Waals surface area contributed by atoms with Crippen LogP contribution in [0.1, 0.15) is 361 Å². The van der Waals surface area contributed by atoms with E-state index >= 15 is 0 Å². The lowest BCUT2D eigenvalue weighted by atomic mass is 10.0. The summed E-state index contributed by atoms with van der Waals surface area (Å²) in [4.78, 5) is 38.4. The Morgan fingerprint density at radius 2 is 0.476 bits per heavy atom. The van der Waals surface area contributed by atoms with Crippen LogP contribution in [0.25, 0.3) is 0 Å². The zero-order valence-electron chi connectivity index (χ0n) is 54.5. The van der Waals surface area contributed by atoms with Crippen LogP contribution >= 0.6 is 0 Å². The van der Waals surface area contributed by atoms with E-state index < -0.39 is 6.10 Å². The van der Waals surface area contributed by atoms with Crippen LogP contribution in [0.2, 0.25) is 0 Å². The molecule has 0 aromatic heterocycles. The first kappa shape index (κ1) is 78.6. The molecule has 0 aromatic carbocycles. The number of rotatable bonds is 65. The zero-order valence-corrected chi connectivity index (χ0v) is 54.5. The number of hydrogen-bond acceptors (Lipinski definition) is 6. The van der Waals surface area contributed by atoms with E-state index in [1.807, 2.05) is 0 Å².